The summed E-state index contributed by atoms with van der Waals surface area (Å²) in [5.74, 6) is -0.762. The van der Waals surface area contributed by atoms with Crippen LogP contribution in [0.5, 0.6) is 0 Å². The van der Waals surface area contributed by atoms with Gasteiger partial charge < -0.3 is 15.2 Å². The van der Waals surface area contributed by atoms with Crippen molar-refractivity contribution in [2.75, 3.05) is 6.54 Å². The Bertz CT molecular complexity index is 541. The van der Waals surface area contributed by atoms with Crippen LogP contribution in [-0.4, -0.2) is 29.3 Å². The lowest BCUT2D eigenvalue weighted by atomic mass is 10.1. The number of benzene rings is 1. The maximum absolute atomic E-state index is 11.5. The molecule has 1 aromatic carbocycles. The summed E-state index contributed by atoms with van der Waals surface area (Å²) in [5.41, 5.74) is 1.65. The molecule has 5 nitrogen and oxygen atoms in total. The lowest BCUT2D eigenvalue weighted by molar-refractivity contribution is -0.137. The van der Waals surface area contributed by atoms with Gasteiger partial charge in [-0.2, -0.15) is 0 Å². The van der Waals surface area contributed by atoms with Crippen molar-refractivity contribution in [2.24, 2.45) is 0 Å². The highest BCUT2D eigenvalue weighted by atomic mass is 16.6. The zero-order chi connectivity index (χ0) is 17.3. The van der Waals surface area contributed by atoms with Crippen molar-refractivity contribution < 1.29 is 19.4 Å². The van der Waals surface area contributed by atoms with Gasteiger partial charge in [0.25, 0.3) is 0 Å². The van der Waals surface area contributed by atoms with Gasteiger partial charge in [-0.1, -0.05) is 36.4 Å². The van der Waals surface area contributed by atoms with Crippen LogP contribution in [0.2, 0.25) is 0 Å². The number of aliphatic carboxylic acids is 1. The number of rotatable bonds is 7. The lowest BCUT2D eigenvalue weighted by Gasteiger charge is -2.19. The van der Waals surface area contributed by atoms with E-state index < -0.39 is 17.7 Å². The van der Waals surface area contributed by atoms with E-state index in [1.54, 1.807) is 0 Å². The van der Waals surface area contributed by atoms with E-state index in [9.17, 15) is 9.59 Å². The number of ether oxygens (including phenoxy) is 1. The zero-order valence-corrected chi connectivity index (χ0v) is 14.0. The second-order valence-electron chi connectivity index (χ2n) is 6.27. The maximum atomic E-state index is 11.5. The van der Waals surface area contributed by atoms with E-state index in [1.165, 1.54) is 0 Å². The van der Waals surface area contributed by atoms with Crippen LogP contribution in [0.3, 0.4) is 0 Å². The number of alkyl carbamates (subject to hydrolysis) is 1. The number of amides is 1. The molecule has 0 spiro atoms. The first-order chi connectivity index (χ1) is 10.8. The van der Waals surface area contributed by atoms with E-state index in [0.717, 1.165) is 17.5 Å². The fourth-order valence-corrected chi connectivity index (χ4v) is 1.89. The Kier molecular flexibility index (Phi) is 7.32. The van der Waals surface area contributed by atoms with Crippen molar-refractivity contribution in [1.82, 2.24) is 5.32 Å². The van der Waals surface area contributed by atoms with Gasteiger partial charge in [0.15, 0.2) is 0 Å². The molecule has 0 aliphatic rings. The minimum absolute atomic E-state index is 0.192. The van der Waals surface area contributed by atoms with Crippen LogP contribution in [0.15, 0.2) is 30.3 Å². The van der Waals surface area contributed by atoms with Gasteiger partial charge in [-0.25, -0.2) is 4.79 Å². The average Bonchev–Trinajstić information content (AvgIpc) is 2.43. The Morgan fingerprint density at radius 1 is 1.22 bits per heavy atom. The van der Waals surface area contributed by atoms with E-state index in [4.69, 9.17) is 9.84 Å². The monoisotopic (exact) mass is 319 g/mol. The minimum Gasteiger partial charge on any atom is -0.481 e. The Balaban J connectivity index is 2.34. The summed E-state index contributed by atoms with van der Waals surface area (Å²) in [6, 6.07) is 7.92. The van der Waals surface area contributed by atoms with Crippen molar-refractivity contribution in [1.29, 1.82) is 0 Å². The van der Waals surface area contributed by atoms with Crippen LogP contribution < -0.4 is 5.32 Å². The second-order valence-corrected chi connectivity index (χ2v) is 6.27. The highest BCUT2D eigenvalue weighted by molar-refractivity contribution is 5.68. The smallest absolute Gasteiger partial charge is 0.407 e. The third-order valence-electron chi connectivity index (χ3n) is 2.91. The molecular weight excluding hydrogens is 294 g/mol. The molecule has 0 aliphatic carbocycles. The molecule has 0 heterocycles. The van der Waals surface area contributed by atoms with Crippen molar-refractivity contribution in [3.63, 3.8) is 0 Å². The quantitative estimate of drug-likeness (QED) is 0.804. The van der Waals surface area contributed by atoms with E-state index in [0.29, 0.717) is 13.0 Å². The van der Waals surface area contributed by atoms with Crippen LogP contribution in [-0.2, 0) is 16.0 Å². The summed E-state index contributed by atoms with van der Waals surface area (Å²) in [6.45, 7) is 5.86. The number of aryl methyl sites for hydroxylation is 1. The summed E-state index contributed by atoms with van der Waals surface area (Å²) in [7, 11) is 0. The van der Waals surface area contributed by atoms with Crippen molar-refractivity contribution in [3.8, 4) is 0 Å². The van der Waals surface area contributed by atoms with Crippen LogP contribution in [0, 0.1) is 0 Å². The van der Waals surface area contributed by atoms with Gasteiger partial charge in [-0.15, -0.1) is 0 Å². The Hall–Kier alpha value is -2.30. The van der Waals surface area contributed by atoms with Crippen molar-refractivity contribution in [2.45, 2.75) is 45.6 Å². The predicted octanol–water partition coefficient (Wildman–Crippen LogP) is 3.63. The number of nitrogens with one attached hydrogen (secondary N) is 1. The zero-order valence-electron chi connectivity index (χ0n) is 14.0. The molecule has 0 fully saturated rings. The topological polar surface area (TPSA) is 75.6 Å². The molecule has 1 aromatic rings. The van der Waals surface area contributed by atoms with E-state index in [-0.39, 0.29) is 6.42 Å². The van der Waals surface area contributed by atoms with E-state index in [1.807, 2.05) is 57.2 Å². The van der Waals surface area contributed by atoms with Crippen LogP contribution in [0.4, 0.5) is 4.79 Å². The molecule has 0 saturated carbocycles. The van der Waals surface area contributed by atoms with Gasteiger partial charge in [-0.3, -0.25) is 4.79 Å². The Morgan fingerprint density at radius 3 is 2.43 bits per heavy atom. The number of carboxylic acids is 1. The third-order valence-corrected chi connectivity index (χ3v) is 2.91. The molecule has 2 N–H and O–H groups in total. The first-order valence-electron chi connectivity index (χ1n) is 7.70. The fraction of sp³-hybridized carbons (Fsp3) is 0.444. The predicted molar refractivity (Wildman–Crippen MR) is 90.3 cm³/mol. The summed E-state index contributed by atoms with van der Waals surface area (Å²) < 4.78 is 5.13. The molecule has 5 heteroatoms. The third kappa shape index (κ3) is 9.34. The normalized spacial score (nSPS) is 11.4. The van der Waals surface area contributed by atoms with Crippen LogP contribution in [0.1, 0.15) is 44.7 Å². The van der Waals surface area contributed by atoms with Crippen LogP contribution >= 0.6 is 0 Å². The largest absolute Gasteiger partial charge is 0.481 e. The van der Waals surface area contributed by atoms with E-state index in [2.05, 4.69) is 5.32 Å². The molecule has 0 aromatic heterocycles. The SMILES string of the molecule is CC(C)(C)OC(=O)NCC=Cc1ccc(CCCC(=O)O)cc1. The molecule has 0 aliphatic heterocycles. The van der Waals surface area contributed by atoms with Crippen molar-refractivity contribution >= 4 is 18.1 Å². The number of hydrogen-bond acceptors (Lipinski definition) is 3. The number of carbonyl (C=O) groups is 2. The van der Waals surface area contributed by atoms with Gasteiger partial charge in [0.1, 0.15) is 5.60 Å². The minimum atomic E-state index is -0.762. The molecule has 0 bridgehead atoms. The highest BCUT2D eigenvalue weighted by Gasteiger charge is 2.14. The summed E-state index contributed by atoms with van der Waals surface area (Å²) in [4.78, 5) is 21.9. The molecule has 0 radical (unpaired) electrons. The fourth-order valence-electron chi connectivity index (χ4n) is 1.89. The second kappa shape index (κ2) is 8.98. The molecule has 0 saturated heterocycles. The van der Waals surface area contributed by atoms with Crippen LogP contribution in [0.25, 0.3) is 6.08 Å². The van der Waals surface area contributed by atoms with Crippen molar-refractivity contribution in [3.05, 3.63) is 41.5 Å². The molecule has 1 amide bonds. The average molecular weight is 319 g/mol. The molecule has 1 rings (SSSR count). The standard InChI is InChI=1S/C18H25NO4/c1-18(2,3)23-17(22)19-13-5-7-15-11-9-14(10-12-15)6-4-8-16(20)21/h5,7,9-12H,4,6,8,13H2,1-3H3,(H,19,22)(H,20,21). The van der Waals surface area contributed by atoms with Gasteiger partial charge in [-0.05, 0) is 44.7 Å². The molecular formula is C18H25NO4. The lowest BCUT2D eigenvalue weighted by Crippen LogP contribution is -2.32. The summed E-state index contributed by atoms with van der Waals surface area (Å²) >= 11 is 0. The van der Waals surface area contributed by atoms with Gasteiger partial charge in [0, 0.05) is 13.0 Å². The molecule has 23 heavy (non-hydrogen) atoms. The Labute approximate surface area is 137 Å². The number of hydrogen-bond donors (Lipinski definition) is 2. The van der Waals surface area contributed by atoms with Gasteiger partial charge >= 0.3 is 12.1 Å². The number of carbonyl (C=O) groups excluding carboxylic acids is 1. The highest BCUT2D eigenvalue weighted by Crippen LogP contribution is 2.09. The molecule has 126 valence electrons. The summed E-state index contributed by atoms with van der Waals surface area (Å²) in [6.07, 6.45) is 4.93. The first kappa shape index (κ1) is 18.7. The summed E-state index contributed by atoms with van der Waals surface area (Å²) in [5, 5.41) is 11.3. The Morgan fingerprint density at radius 2 is 1.87 bits per heavy atom. The first-order valence-corrected chi connectivity index (χ1v) is 7.70. The maximum Gasteiger partial charge on any atom is 0.407 e. The van der Waals surface area contributed by atoms with Gasteiger partial charge in [0.05, 0.1) is 0 Å². The molecule has 0 atom stereocenters. The molecule has 0 unspecified atom stereocenters. The van der Waals surface area contributed by atoms with Gasteiger partial charge in [0.2, 0.25) is 0 Å². The van der Waals surface area contributed by atoms with E-state index >= 15 is 0 Å². The number of carboxylic acid groups (broad SMARTS) is 1.